The van der Waals surface area contributed by atoms with Gasteiger partial charge >= 0.3 is 0 Å². The molecular formula is C20H16BrFN4O. The molecule has 2 aromatic heterocycles. The zero-order chi connectivity index (χ0) is 18.5. The molecule has 0 aliphatic heterocycles. The number of nitrogens with zero attached hydrogens (tertiary/aromatic N) is 4. The van der Waals surface area contributed by atoms with Crippen LogP contribution in [-0.2, 0) is 13.5 Å². The van der Waals surface area contributed by atoms with E-state index in [9.17, 15) is 4.39 Å². The Morgan fingerprint density at radius 3 is 2.89 bits per heavy atom. The number of benzene rings is 2. The minimum Gasteiger partial charge on any atom is -0.486 e. The van der Waals surface area contributed by atoms with E-state index in [4.69, 9.17) is 4.74 Å². The van der Waals surface area contributed by atoms with Crippen LogP contribution in [0.4, 0.5) is 4.39 Å². The monoisotopic (exact) mass is 426 g/mol. The van der Waals surface area contributed by atoms with Crippen LogP contribution in [-0.4, -0.2) is 19.6 Å². The van der Waals surface area contributed by atoms with Crippen molar-refractivity contribution in [3.8, 4) is 11.4 Å². The van der Waals surface area contributed by atoms with E-state index in [0.29, 0.717) is 11.3 Å². The van der Waals surface area contributed by atoms with Gasteiger partial charge < -0.3 is 4.74 Å². The highest BCUT2D eigenvalue weighted by Gasteiger charge is 2.28. The molecule has 5 nitrogen and oxygen atoms in total. The van der Waals surface area contributed by atoms with Gasteiger partial charge in [0.15, 0.2) is 0 Å². The smallest absolute Gasteiger partial charge is 0.131 e. The SMILES string of the molecule is Cn1cc(-n2ncc3ccc(OC4CCc5cc(Br)cc(F)c54)cc32)cn1. The van der Waals surface area contributed by atoms with Gasteiger partial charge in [0.05, 0.1) is 24.1 Å². The van der Waals surface area contributed by atoms with Gasteiger partial charge in [-0.05, 0) is 42.7 Å². The molecule has 0 bridgehead atoms. The summed E-state index contributed by atoms with van der Waals surface area (Å²) in [5.74, 6) is 0.483. The summed E-state index contributed by atoms with van der Waals surface area (Å²) in [6.07, 6.45) is 6.78. The van der Waals surface area contributed by atoms with Crippen LogP contribution in [0.2, 0.25) is 0 Å². The molecular weight excluding hydrogens is 411 g/mol. The fraction of sp³-hybridized carbons (Fsp3) is 0.200. The van der Waals surface area contributed by atoms with Gasteiger partial charge in [-0.1, -0.05) is 15.9 Å². The topological polar surface area (TPSA) is 44.9 Å². The number of ether oxygens (including phenoxy) is 1. The second kappa shape index (κ2) is 6.20. The summed E-state index contributed by atoms with van der Waals surface area (Å²) in [6.45, 7) is 0. The number of aryl methyl sites for hydroxylation is 2. The zero-order valence-electron chi connectivity index (χ0n) is 14.6. The Balaban J connectivity index is 1.51. The number of rotatable bonds is 3. The van der Waals surface area contributed by atoms with E-state index in [0.717, 1.165) is 39.5 Å². The van der Waals surface area contributed by atoms with Crippen molar-refractivity contribution in [1.82, 2.24) is 19.6 Å². The summed E-state index contributed by atoms with van der Waals surface area (Å²) in [6, 6.07) is 9.30. The van der Waals surface area contributed by atoms with Gasteiger partial charge in [-0.3, -0.25) is 4.68 Å². The fourth-order valence-corrected chi connectivity index (χ4v) is 4.19. The predicted molar refractivity (Wildman–Crippen MR) is 104 cm³/mol. The Hall–Kier alpha value is -2.67. The van der Waals surface area contributed by atoms with Crippen LogP contribution in [0.25, 0.3) is 16.6 Å². The van der Waals surface area contributed by atoms with E-state index in [-0.39, 0.29) is 11.9 Å². The highest BCUT2D eigenvalue weighted by Crippen LogP contribution is 2.38. The first-order valence-corrected chi connectivity index (χ1v) is 9.49. The summed E-state index contributed by atoms with van der Waals surface area (Å²) < 4.78 is 25.0. The van der Waals surface area contributed by atoms with Crippen LogP contribution in [0.1, 0.15) is 23.7 Å². The lowest BCUT2D eigenvalue weighted by atomic mass is 10.1. The average Bonchev–Trinajstić information content (AvgIpc) is 3.33. The lowest BCUT2D eigenvalue weighted by Crippen LogP contribution is -2.06. The van der Waals surface area contributed by atoms with Gasteiger partial charge in [0.1, 0.15) is 23.4 Å². The average molecular weight is 427 g/mol. The minimum atomic E-state index is -0.277. The van der Waals surface area contributed by atoms with Gasteiger partial charge in [0, 0.05) is 28.5 Å². The lowest BCUT2D eigenvalue weighted by molar-refractivity contribution is 0.203. The Morgan fingerprint density at radius 2 is 2.07 bits per heavy atom. The maximum absolute atomic E-state index is 14.5. The third-order valence-corrected chi connectivity index (χ3v) is 5.39. The number of hydrogen-bond acceptors (Lipinski definition) is 3. The van der Waals surface area contributed by atoms with Crippen molar-refractivity contribution in [2.45, 2.75) is 18.9 Å². The molecule has 0 spiro atoms. The van der Waals surface area contributed by atoms with Gasteiger partial charge in [0.2, 0.25) is 0 Å². The van der Waals surface area contributed by atoms with Crippen molar-refractivity contribution in [3.05, 3.63) is 70.3 Å². The summed E-state index contributed by atoms with van der Waals surface area (Å²) in [4.78, 5) is 0. The zero-order valence-corrected chi connectivity index (χ0v) is 16.1. The molecule has 0 saturated heterocycles. The minimum absolute atomic E-state index is 0.219. The maximum atomic E-state index is 14.5. The second-order valence-electron chi connectivity index (χ2n) is 6.75. The molecule has 5 rings (SSSR count). The van der Waals surface area contributed by atoms with Crippen molar-refractivity contribution in [1.29, 1.82) is 0 Å². The molecule has 2 heterocycles. The Labute approximate surface area is 163 Å². The summed E-state index contributed by atoms with van der Waals surface area (Å²) in [7, 11) is 1.87. The first kappa shape index (κ1) is 16.5. The highest BCUT2D eigenvalue weighted by molar-refractivity contribution is 9.10. The van der Waals surface area contributed by atoms with E-state index < -0.39 is 0 Å². The molecule has 0 N–H and O–H groups in total. The van der Waals surface area contributed by atoms with Crippen LogP contribution < -0.4 is 4.74 Å². The van der Waals surface area contributed by atoms with Crippen molar-refractivity contribution in [2.24, 2.45) is 7.05 Å². The largest absolute Gasteiger partial charge is 0.486 e. The molecule has 0 fully saturated rings. The lowest BCUT2D eigenvalue weighted by Gasteiger charge is -2.16. The molecule has 0 amide bonds. The van der Waals surface area contributed by atoms with Gasteiger partial charge in [-0.2, -0.15) is 10.2 Å². The van der Waals surface area contributed by atoms with Gasteiger partial charge in [-0.25, -0.2) is 9.07 Å². The maximum Gasteiger partial charge on any atom is 0.131 e. The fourth-order valence-electron chi connectivity index (χ4n) is 3.71. The van der Waals surface area contributed by atoms with Crippen molar-refractivity contribution < 1.29 is 9.13 Å². The molecule has 1 unspecified atom stereocenters. The molecule has 4 aromatic rings. The van der Waals surface area contributed by atoms with Crippen molar-refractivity contribution >= 4 is 26.8 Å². The van der Waals surface area contributed by atoms with E-state index in [1.807, 2.05) is 48.4 Å². The van der Waals surface area contributed by atoms with E-state index in [1.165, 1.54) is 6.07 Å². The Bertz CT molecular complexity index is 1170. The summed E-state index contributed by atoms with van der Waals surface area (Å²) >= 11 is 3.36. The van der Waals surface area contributed by atoms with E-state index >= 15 is 0 Å². The highest BCUT2D eigenvalue weighted by atomic mass is 79.9. The van der Waals surface area contributed by atoms with Crippen LogP contribution in [0.3, 0.4) is 0 Å². The Morgan fingerprint density at radius 1 is 1.19 bits per heavy atom. The molecule has 27 heavy (non-hydrogen) atoms. The number of halogens is 2. The van der Waals surface area contributed by atoms with Crippen molar-refractivity contribution in [3.63, 3.8) is 0 Å². The molecule has 2 aromatic carbocycles. The van der Waals surface area contributed by atoms with Crippen molar-refractivity contribution in [2.75, 3.05) is 0 Å². The molecule has 136 valence electrons. The van der Waals surface area contributed by atoms with E-state index in [1.54, 1.807) is 10.9 Å². The summed E-state index contributed by atoms with van der Waals surface area (Å²) in [5, 5.41) is 9.67. The van der Waals surface area contributed by atoms with Crippen LogP contribution in [0, 0.1) is 5.82 Å². The van der Waals surface area contributed by atoms with Crippen LogP contribution in [0.5, 0.6) is 5.75 Å². The van der Waals surface area contributed by atoms with Crippen LogP contribution in [0.15, 0.2) is 53.4 Å². The molecule has 0 radical (unpaired) electrons. The quantitative estimate of drug-likeness (QED) is 0.475. The number of hydrogen-bond donors (Lipinski definition) is 0. The van der Waals surface area contributed by atoms with Gasteiger partial charge in [-0.15, -0.1) is 0 Å². The third-order valence-electron chi connectivity index (χ3n) is 4.93. The molecule has 1 aliphatic rings. The summed E-state index contributed by atoms with van der Waals surface area (Å²) in [5.41, 5.74) is 3.48. The number of fused-ring (bicyclic) bond motifs is 2. The standard InChI is InChI=1S/C20H16BrFN4O/c1-25-11-15(10-23-25)26-18-8-16(4-2-13(18)9-24-26)27-19-5-3-12-6-14(21)7-17(22)20(12)19/h2,4,6-11,19H,3,5H2,1H3. The first-order chi connectivity index (χ1) is 13.1. The molecule has 1 atom stereocenters. The second-order valence-corrected chi connectivity index (χ2v) is 7.67. The molecule has 0 saturated carbocycles. The number of aromatic nitrogens is 4. The van der Waals surface area contributed by atoms with Crippen LogP contribution >= 0.6 is 15.9 Å². The normalized spacial score (nSPS) is 16.0. The third kappa shape index (κ3) is 2.82. The molecule has 7 heteroatoms. The van der Waals surface area contributed by atoms with E-state index in [2.05, 4.69) is 26.1 Å². The van der Waals surface area contributed by atoms with Gasteiger partial charge in [0.25, 0.3) is 0 Å². The predicted octanol–water partition coefficient (Wildman–Crippen LogP) is 4.73. The molecule has 1 aliphatic carbocycles. The Kier molecular flexibility index (Phi) is 3.79. The first-order valence-electron chi connectivity index (χ1n) is 8.70.